The smallest absolute Gasteiger partial charge is 0.185 e. The first kappa shape index (κ1) is 24.4. The van der Waals surface area contributed by atoms with E-state index in [4.69, 9.17) is 31.8 Å². The summed E-state index contributed by atoms with van der Waals surface area (Å²) in [7, 11) is 0. The maximum Gasteiger partial charge on any atom is 0.185 e. The van der Waals surface area contributed by atoms with E-state index in [1.54, 1.807) is 0 Å². The first-order valence-corrected chi connectivity index (χ1v) is 11.2. The molecule has 0 atom stereocenters. The Bertz CT molecular complexity index is 991. The second-order valence-corrected chi connectivity index (χ2v) is 7.66. The van der Waals surface area contributed by atoms with Crippen LogP contribution in [0.5, 0.6) is 11.5 Å². The minimum absolute atomic E-state index is 0.0489. The fourth-order valence-corrected chi connectivity index (χ4v) is 3.44. The average Bonchev–Trinajstić information content (AvgIpc) is 2.84. The topological polar surface area (TPSA) is 142 Å². The Balaban J connectivity index is 1.90. The predicted molar refractivity (Wildman–Crippen MR) is 137 cm³/mol. The maximum absolute atomic E-state index is 7.28. The van der Waals surface area contributed by atoms with E-state index in [1.165, 1.54) is 0 Å². The minimum atomic E-state index is -0.0489. The highest BCUT2D eigenvalue weighted by atomic mass is 16.5. The zero-order chi connectivity index (χ0) is 24.2. The van der Waals surface area contributed by atoms with E-state index >= 15 is 0 Å². The molecule has 178 valence electrons. The molecule has 34 heavy (non-hydrogen) atoms. The zero-order valence-corrected chi connectivity index (χ0v) is 19.1. The second-order valence-electron chi connectivity index (χ2n) is 7.66. The summed E-state index contributed by atoms with van der Waals surface area (Å²) in [5.74, 6) is 1.36. The molecule has 0 unspecified atom stereocenters. The Kier molecular flexibility index (Phi) is 9.16. The third kappa shape index (κ3) is 7.44. The number of guanidine groups is 2. The summed E-state index contributed by atoms with van der Waals surface area (Å²) in [5, 5.41) is 20.1. The Hall–Kier alpha value is -4.20. The third-order valence-electron chi connectivity index (χ3n) is 5.04. The normalized spacial score (nSPS) is 10.4. The molecule has 3 aromatic rings. The van der Waals surface area contributed by atoms with Gasteiger partial charge in [0.1, 0.15) is 11.5 Å². The van der Waals surface area contributed by atoms with Crippen molar-refractivity contribution in [3.8, 4) is 33.8 Å². The summed E-state index contributed by atoms with van der Waals surface area (Å²) in [4.78, 5) is 0. The van der Waals surface area contributed by atoms with Crippen molar-refractivity contribution < 1.29 is 9.47 Å². The molecule has 0 saturated carbocycles. The van der Waals surface area contributed by atoms with Crippen molar-refractivity contribution in [3.05, 3.63) is 72.8 Å². The number of benzene rings is 3. The quantitative estimate of drug-likeness (QED) is 0.139. The Labute approximate surface area is 200 Å². The lowest BCUT2D eigenvalue weighted by Crippen LogP contribution is -2.31. The van der Waals surface area contributed by atoms with Crippen molar-refractivity contribution in [2.24, 2.45) is 11.5 Å². The number of nitrogens with one attached hydrogen (secondary N) is 4. The van der Waals surface area contributed by atoms with Crippen LogP contribution in [0.2, 0.25) is 0 Å². The molecular weight excluding hydrogens is 428 g/mol. The molecule has 3 aromatic carbocycles. The van der Waals surface area contributed by atoms with Crippen molar-refractivity contribution in [1.82, 2.24) is 10.6 Å². The highest BCUT2D eigenvalue weighted by molar-refractivity contribution is 5.82. The van der Waals surface area contributed by atoms with Crippen LogP contribution in [0.3, 0.4) is 0 Å². The van der Waals surface area contributed by atoms with E-state index in [-0.39, 0.29) is 11.9 Å². The number of hydrogen-bond acceptors (Lipinski definition) is 4. The molecule has 3 rings (SSSR count). The largest absolute Gasteiger partial charge is 0.493 e. The molecule has 0 radical (unpaired) electrons. The number of ether oxygens (including phenoxy) is 2. The van der Waals surface area contributed by atoms with Gasteiger partial charge in [-0.1, -0.05) is 60.7 Å². The van der Waals surface area contributed by atoms with Crippen LogP contribution in [-0.2, 0) is 0 Å². The van der Waals surface area contributed by atoms with Crippen LogP contribution in [0.15, 0.2) is 72.8 Å². The molecule has 0 saturated heterocycles. The molecule has 0 aromatic heterocycles. The minimum Gasteiger partial charge on any atom is -0.493 e. The van der Waals surface area contributed by atoms with E-state index in [1.807, 2.05) is 42.5 Å². The van der Waals surface area contributed by atoms with Gasteiger partial charge in [0.05, 0.1) is 13.2 Å². The van der Waals surface area contributed by atoms with Crippen LogP contribution in [0.4, 0.5) is 0 Å². The van der Waals surface area contributed by atoms with E-state index in [2.05, 4.69) is 41.0 Å². The highest BCUT2D eigenvalue weighted by Crippen LogP contribution is 2.41. The zero-order valence-electron chi connectivity index (χ0n) is 19.1. The SMILES string of the molecule is N=C(N)NCCCOc1cc(OCCCNC(=N)N)c(-c2ccccc2)cc1-c1ccccc1. The number of nitrogens with two attached hydrogens (primary N) is 2. The Morgan fingerprint density at radius 2 is 1.06 bits per heavy atom. The van der Waals surface area contributed by atoms with Gasteiger partial charge < -0.3 is 31.6 Å². The molecule has 0 aliphatic heterocycles. The van der Waals surface area contributed by atoms with Crippen LogP contribution >= 0.6 is 0 Å². The molecule has 0 bridgehead atoms. The van der Waals surface area contributed by atoms with Crippen molar-refractivity contribution >= 4 is 11.9 Å². The molecule has 0 aliphatic rings. The van der Waals surface area contributed by atoms with Crippen molar-refractivity contribution in [2.75, 3.05) is 26.3 Å². The fraction of sp³-hybridized carbons (Fsp3) is 0.231. The van der Waals surface area contributed by atoms with E-state index in [0.717, 1.165) is 33.8 Å². The van der Waals surface area contributed by atoms with E-state index in [0.29, 0.717) is 39.1 Å². The van der Waals surface area contributed by atoms with Gasteiger partial charge in [0.15, 0.2) is 11.9 Å². The molecule has 8 nitrogen and oxygen atoms in total. The predicted octanol–water partition coefficient (Wildman–Crippen LogP) is 3.52. The maximum atomic E-state index is 7.28. The fourth-order valence-electron chi connectivity index (χ4n) is 3.44. The lowest BCUT2D eigenvalue weighted by molar-refractivity contribution is 0.297. The monoisotopic (exact) mass is 460 g/mol. The van der Waals surface area contributed by atoms with Crippen molar-refractivity contribution in [2.45, 2.75) is 12.8 Å². The summed E-state index contributed by atoms with van der Waals surface area (Å²) < 4.78 is 12.4. The first-order valence-electron chi connectivity index (χ1n) is 11.2. The number of rotatable bonds is 12. The van der Waals surface area contributed by atoms with Gasteiger partial charge in [0.25, 0.3) is 0 Å². The van der Waals surface area contributed by atoms with Crippen LogP contribution in [0.25, 0.3) is 22.3 Å². The highest BCUT2D eigenvalue weighted by Gasteiger charge is 2.15. The van der Waals surface area contributed by atoms with Gasteiger partial charge in [0.2, 0.25) is 0 Å². The first-order chi connectivity index (χ1) is 16.5. The second kappa shape index (κ2) is 12.7. The molecule has 0 spiro atoms. The Morgan fingerprint density at radius 3 is 1.44 bits per heavy atom. The summed E-state index contributed by atoms with van der Waals surface area (Å²) >= 11 is 0. The van der Waals surface area contributed by atoms with E-state index in [9.17, 15) is 0 Å². The summed E-state index contributed by atoms with van der Waals surface area (Å²) in [5.41, 5.74) is 14.8. The molecule has 8 N–H and O–H groups in total. The third-order valence-corrected chi connectivity index (χ3v) is 5.04. The lowest BCUT2D eigenvalue weighted by atomic mass is 9.97. The summed E-state index contributed by atoms with van der Waals surface area (Å²) in [6, 6.07) is 24.3. The molecule has 0 amide bonds. The molecule has 0 heterocycles. The van der Waals surface area contributed by atoms with Gasteiger partial charge in [-0.3, -0.25) is 10.8 Å². The standard InChI is InChI=1S/C26H32N6O2/c27-25(28)31-13-7-15-33-23-18-24(34-16-8-14-32-26(29)30)22(20-11-5-2-6-12-20)17-21(23)19-9-3-1-4-10-19/h1-6,9-12,17-18H,7-8,13-16H2,(H4,27,28,31)(H4,29,30,32). The van der Waals surface area contributed by atoms with Crippen LogP contribution in [0, 0.1) is 10.8 Å². The van der Waals surface area contributed by atoms with Gasteiger partial charge in [0, 0.05) is 30.3 Å². The van der Waals surface area contributed by atoms with Crippen LogP contribution in [-0.4, -0.2) is 38.2 Å². The lowest BCUT2D eigenvalue weighted by Gasteiger charge is -2.18. The van der Waals surface area contributed by atoms with Crippen LogP contribution < -0.4 is 31.6 Å². The van der Waals surface area contributed by atoms with Crippen molar-refractivity contribution in [1.29, 1.82) is 10.8 Å². The molecule has 0 aliphatic carbocycles. The number of hydrogen-bond donors (Lipinski definition) is 6. The van der Waals surface area contributed by atoms with Crippen LogP contribution in [0.1, 0.15) is 12.8 Å². The Morgan fingerprint density at radius 1 is 0.647 bits per heavy atom. The molecule has 8 heteroatoms. The average molecular weight is 461 g/mol. The van der Waals surface area contributed by atoms with Gasteiger partial charge in [-0.05, 0) is 30.0 Å². The van der Waals surface area contributed by atoms with Gasteiger partial charge >= 0.3 is 0 Å². The van der Waals surface area contributed by atoms with Gasteiger partial charge in [-0.15, -0.1) is 0 Å². The molecule has 0 fully saturated rings. The molecular formula is C26H32N6O2. The summed E-state index contributed by atoms with van der Waals surface area (Å²) in [6.07, 6.45) is 1.39. The van der Waals surface area contributed by atoms with Gasteiger partial charge in [-0.25, -0.2) is 0 Å². The summed E-state index contributed by atoms with van der Waals surface area (Å²) in [6.45, 7) is 2.05. The van der Waals surface area contributed by atoms with E-state index < -0.39 is 0 Å². The van der Waals surface area contributed by atoms with Crippen molar-refractivity contribution in [3.63, 3.8) is 0 Å². The van der Waals surface area contributed by atoms with Gasteiger partial charge in [-0.2, -0.15) is 0 Å².